The van der Waals surface area contributed by atoms with Crippen molar-refractivity contribution in [3.63, 3.8) is 0 Å². The van der Waals surface area contributed by atoms with Gasteiger partial charge < -0.3 is 15.5 Å². The molecule has 0 radical (unpaired) electrons. The zero-order valence-electron chi connectivity index (χ0n) is 13.6. The fourth-order valence-electron chi connectivity index (χ4n) is 2.62. The van der Waals surface area contributed by atoms with Crippen LogP contribution < -0.4 is 10.6 Å². The van der Waals surface area contributed by atoms with Crippen LogP contribution in [0.3, 0.4) is 0 Å². The van der Waals surface area contributed by atoms with Crippen molar-refractivity contribution >= 4 is 41.5 Å². The van der Waals surface area contributed by atoms with Crippen LogP contribution in [-0.4, -0.2) is 43.4 Å². The molecule has 2 rings (SSSR count). The minimum absolute atomic E-state index is 0. The van der Waals surface area contributed by atoms with E-state index in [0.29, 0.717) is 22.3 Å². The van der Waals surface area contributed by atoms with E-state index in [1.807, 2.05) is 0 Å². The van der Waals surface area contributed by atoms with E-state index in [9.17, 15) is 9.59 Å². The Hall–Kier alpha value is -1.30. The molecule has 23 heavy (non-hydrogen) atoms. The highest BCUT2D eigenvalue weighted by molar-refractivity contribution is 6.34. The molecule has 1 saturated heterocycles. The van der Waals surface area contributed by atoms with Gasteiger partial charge in [0, 0.05) is 31.7 Å². The van der Waals surface area contributed by atoms with Crippen molar-refractivity contribution in [2.45, 2.75) is 25.8 Å². The molecule has 2 N–H and O–H groups in total. The molecule has 0 aromatic heterocycles. The summed E-state index contributed by atoms with van der Waals surface area (Å²) in [6.45, 7) is 2.93. The minimum Gasteiger partial charge on any atom is -0.345 e. The Kier molecular flexibility index (Phi) is 7.32. The van der Waals surface area contributed by atoms with E-state index in [1.54, 1.807) is 32.3 Å². The first kappa shape index (κ1) is 19.7. The van der Waals surface area contributed by atoms with E-state index >= 15 is 0 Å². The second-order valence-corrected chi connectivity index (χ2v) is 6.37. The molecule has 1 heterocycles. The minimum atomic E-state index is -0.184. The smallest absolute Gasteiger partial charge is 0.254 e. The number of rotatable bonds is 3. The van der Waals surface area contributed by atoms with Gasteiger partial charge >= 0.3 is 0 Å². The Balaban J connectivity index is 0.00000264. The summed E-state index contributed by atoms with van der Waals surface area (Å²) in [6.07, 6.45) is 1.65. The number of hydrogen-bond donors (Lipinski definition) is 2. The number of amides is 2. The molecule has 0 bridgehead atoms. The van der Waals surface area contributed by atoms with Gasteiger partial charge in [-0.1, -0.05) is 11.6 Å². The maximum absolute atomic E-state index is 12.3. The quantitative estimate of drug-likeness (QED) is 0.872. The van der Waals surface area contributed by atoms with Crippen LogP contribution in [0.15, 0.2) is 18.2 Å². The lowest BCUT2D eigenvalue weighted by molar-refractivity contribution is -0.120. The first-order valence-corrected chi connectivity index (χ1v) is 7.81. The zero-order valence-corrected chi connectivity index (χ0v) is 15.1. The van der Waals surface area contributed by atoms with Crippen molar-refractivity contribution in [2.75, 3.05) is 26.0 Å². The molecule has 1 fully saturated rings. The molecule has 2 atom stereocenters. The molecule has 5 nitrogen and oxygen atoms in total. The van der Waals surface area contributed by atoms with Crippen molar-refractivity contribution in [1.82, 2.24) is 10.2 Å². The van der Waals surface area contributed by atoms with Gasteiger partial charge in [0.15, 0.2) is 0 Å². The van der Waals surface area contributed by atoms with Crippen LogP contribution in [0.2, 0.25) is 5.02 Å². The molecule has 128 valence electrons. The standard InChI is InChI=1S/C16H22ClN3O2.ClH/c1-10-8-11(6-7-18-10)15(21)19-12-4-5-14(17)13(9-12)16(22)20(2)3;/h4-5,9-11,18H,6-8H2,1-3H3,(H,19,21);1H/t10-,11-;/m0./s1. The average Bonchev–Trinajstić information content (AvgIpc) is 2.48. The highest BCUT2D eigenvalue weighted by Gasteiger charge is 2.25. The molecular weight excluding hydrogens is 337 g/mol. The highest BCUT2D eigenvalue weighted by atomic mass is 35.5. The molecule has 0 aliphatic carbocycles. The van der Waals surface area contributed by atoms with Crippen LogP contribution in [0.25, 0.3) is 0 Å². The maximum Gasteiger partial charge on any atom is 0.254 e. The number of carbonyl (C=O) groups is 2. The fourth-order valence-corrected chi connectivity index (χ4v) is 2.82. The maximum atomic E-state index is 12.3. The van der Waals surface area contributed by atoms with Gasteiger partial charge in [0.2, 0.25) is 5.91 Å². The first-order chi connectivity index (χ1) is 10.4. The van der Waals surface area contributed by atoms with Crippen LogP contribution >= 0.6 is 24.0 Å². The summed E-state index contributed by atoms with van der Waals surface area (Å²) in [5.74, 6) is -0.185. The molecule has 1 aliphatic heterocycles. The van der Waals surface area contributed by atoms with Crippen LogP contribution in [0.4, 0.5) is 5.69 Å². The first-order valence-electron chi connectivity index (χ1n) is 7.44. The molecular formula is C16H23Cl2N3O2. The van der Waals surface area contributed by atoms with Crippen molar-refractivity contribution in [1.29, 1.82) is 0 Å². The van der Waals surface area contributed by atoms with Crippen LogP contribution in [-0.2, 0) is 4.79 Å². The molecule has 2 amide bonds. The van der Waals surface area contributed by atoms with Crippen molar-refractivity contribution in [3.8, 4) is 0 Å². The lowest BCUT2D eigenvalue weighted by Gasteiger charge is -2.27. The summed E-state index contributed by atoms with van der Waals surface area (Å²) < 4.78 is 0. The van der Waals surface area contributed by atoms with Gasteiger partial charge in [0.25, 0.3) is 5.91 Å². The largest absolute Gasteiger partial charge is 0.345 e. The summed E-state index contributed by atoms with van der Waals surface area (Å²) in [5, 5.41) is 6.61. The Bertz CT molecular complexity index is 578. The van der Waals surface area contributed by atoms with Gasteiger partial charge in [0.05, 0.1) is 10.6 Å². The molecule has 7 heteroatoms. The predicted octanol–water partition coefficient (Wildman–Crippen LogP) is 2.79. The van der Waals surface area contributed by atoms with Crippen LogP contribution in [0.1, 0.15) is 30.1 Å². The van der Waals surface area contributed by atoms with E-state index in [2.05, 4.69) is 17.6 Å². The Morgan fingerprint density at radius 1 is 1.35 bits per heavy atom. The summed E-state index contributed by atoms with van der Waals surface area (Å²) in [4.78, 5) is 25.9. The Morgan fingerprint density at radius 3 is 2.65 bits per heavy atom. The second-order valence-electron chi connectivity index (χ2n) is 5.96. The van der Waals surface area contributed by atoms with Crippen LogP contribution in [0.5, 0.6) is 0 Å². The third kappa shape index (κ3) is 5.09. The molecule has 0 spiro atoms. The van der Waals surface area contributed by atoms with Crippen molar-refractivity contribution in [3.05, 3.63) is 28.8 Å². The van der Waals surface area contributed by atoms with Gasteiger partial charge in [-0.3, -0.25) is 9.59 Å². The zero-order chi connectivity index (χ0) is 16.3. The highest BCUT2D eigenvalue weighted by Crippen LogP contribution is 2.23. The summed E-state index contributed by atoms with van der Waals surface area (Å²) in [7, 11) is 3.33. The average molecular weight is 360 g/mol. The van der Waals surface area contributed by atoms with Gasteiger partial charge in [-0.05, 0) is 44.5 Å². The number of halogens is 2. The van der Waals surface area contributed by atoms with Crippen LogP contribution in [0, 0.1) is 5.92 Å². The summed E-state index contributed by atoms with van der Waals surface area (Å²) in [5.41, 5.74) is 0.994. The van der Waals surface area contributed by atoms with E-state index in [-0.39, 0.29) is 30.1 Å². The van der Waals surface area contributed by atoms with Gasteiger partial charge in [-0.2, -0.15) is 0 Å². The number of piperidine rings is 1. The van der Waals surface area contributed by atoms with Gasteiger partial charge in [-0.25, -0.2) is 0 Å². The monoisotopic (exact) mass is 359 g/mol. The summed E-state index contributed by atoms with van der Waals surface area (Å²) >= 11 is 6.07. The van der Waals surface area contributed by atoms with E-state index < -0.39 is 0 Å². The molecule has 0 unspecified atom stereocenters. The van der Waals surface area contributed by atoms with Gasteiger partial charge in [-0.15, -0.1) is 12.4 Å². The topological polar surface area (TPSA) is 61.4 Å². The van der Waals surface area contributed by atoms with Crippen molar-refractivity contribution < 1.29 is 9.59 Å². The normalized spacial score (nSPS) is 20.3. The molecule has 1 aliphatic rings. The Labute approximate surface area is 148 Å². The number of carbonyl (C=O) groups excluding carboxylic acids is 2. The number of anilines is 1. The lowest BCUT2D eigenvalue weighted by Crippen LogP contribution is -2.40. The lowest BCUT2D eigenvalue weighted by atomic mass is 9.92. The third-order valence-corrected chi connectivity index (χ3v) is 4.19. The number of nitrogens with one attached hydrogen (secondary N) is 2. The number of hydrogen-bond acceptors (Lipinski definition) is 3. The van der Waals surface area contributed by atoms with Crippen molar-refractivity contribution in [2.24, 2.45) is 5.92 Å². The molecule has 1 aromatic rings. The summed E-state index contributed by atoms with van der Waals surface area (Å²) in [6, 6.07) is 5.34. The molecule has 1 aromatic carbocycles. The third-order valence-electron chi connectivity index (χ3n) is 3.86. The number of benzene rings is 1. The van der Waals surface area contributed by atoms with E-state index in [0.717, 1.165) is 19.4 Å². The second kappa shape index (κ2) is 8.52. The van der Waals surface area contributed by atoms with E-state index in [4.69, 9.17) is 11.6 Å². The molecule has 0 saturated carbocycles. The Morgan fingerprint density at radius 2 is 2.04 bits per heavy atom. The van der Waals surface area contributed by atoms with E-state index in [1.165, 1.54) is 4.90 Å². The fraction of sp³-hybridized carbons (Fsp3) is 0.500. The SMILES string of the molecule is C[C@H]1C[C@@H](C(=O)Nc2ccc(Cl)c(C(=O)N(C)C)c2)CCN1.Cl. The predicted molar refractivity (Wildman–Crippen MR) is 95.5 cm³/mol. The number of nitrogens with zero attached hydrogens (tertiary/aromatic N) is 1. The van der Waals surface area contributed by atoms with Gasteiger partial charge in [0.1, 0.15) is 0 Å².